The topological polar surface area (TPSA) is 105 Å². The molecule has 2 aromatic carbocycles. The Kier molecular flexibility index (Phi) is 8.31. The number of allylic oxidation sites excluding steroid dienone is 1. The van der Waals surface area contributed by atoms with E-state index >= 15 is 0 Å². The molecule has 0 saturated heterocycles. The van der Waals surface area contributed by atoms with Crippen molar-refractivity contribution in [1.29, 1.82) is 0 Å². The maximum atomic E-state index is 14.1. The molecule has 2 aromatic heterocycles. The monoisotopic (exact) mass is 590 g/mol. The first kappa shape index (κ1) is 28.6. The lowest BCUT2D eigenvalue weighted by molar-refractivity contribution is 0.240. The molecule has 8 nitrogen and oxygen atoms in total. The number of pyridine rings is 1. The highest BCUT2D eigenvalue weighted by molar-refractivity contribution is 7.90. The molecule has 0 unspecified atom stereocenters. The van der Waals surface area contributed by atoms with Crippen LogP contribution in [0.5, 0.6) is 0 Å². The highest BCUT2D eigenvalue weighted by Gasteiger charge is 2.30. The summed E-state index contributed by atoms with van der Waals surface area (Å²) in [7, 11) is -6.95. The van der Waals surface area contributed by atoms with Crippen LogP contribution in [0.25, 0.3) is 16.8 Å². The quantitative estimate of drug-likeness (QED) is 0.151. The second-order valence-electron chi connectivity index (χ2n) is 9.91. The lowest BCUT2D eigenvalue weighted by atomic mass is 10.1. The fraction of sp³-hybridized carbons (Fsp3) is 0.258. The van der Waals surface area contributed by atoms with E-state index in [-0.39, 0.29) is 39.4 Å². The standard InChI is InChI=1S/C31H30N2O6S2/c1-23-14-16-28(17-15-23)41(36,37)39-30(20-24-9-6-7-10-24)29-21-26-19-25(11-8-18-38-2)22-32-31(26)33(29)40(34,35)27-12-4-3-5-13-27/h3-5,12-17,19-22,24H,6-7,9-10,18H2,1-2H3. The van der Waals surface area contributed by atoms with Crippen molar-refractivity contribution in [3.63, 3.8) is 0 Å². The Morgan fingerprint density at radius 3 is 2.39 bits per heavy atom. The summed E-state index contributed by atoms with van der Waals surface area (Å²) in [6.45, 7) is 2.09. The first-order valence-electron chi connectivity index (χ1n) is 13.2. The maximum Gasteiger partial charge on any atom is 0.339 e. The summed E-state index contributed by atoms with van der Waals surface area (Å²) in [5, 5.41) is 0.470. The van der Waals surface area contributed by atoms with Crippen molar-refractivity contribution in [3.05, 3.63) is 95.8 Å². The van der Waals surface area contributed by atoms with Crippen LogP contribution in [0.15, 0.2) is 88.8 Å². The molecule has 0 radical (unpaired) electrons. The lowest BCUT2D eigenvalue weighted by Gasteiger charge is -2.16. The van der Waals surface area contributed by atoms with Crippen molar-refractivity contribution in [1.82, 2.24) is 8.96 Å². The van der Waals surface area contributed by atoms with Gasteiger partial charge in [0.25, 0.3) is 10.0 Å². The Bertz CT molecular complexity index is 1860. The molecule has 10 heteroatoms. The van der Waals surface area contributed by atoms with E-state index in [9.17, 15) is 16.8 Å². The Morgan fingerprint density at radius 2 is 1.71 bits per heavy atom. The average Bonchev–Trinajstić information content (AvgIpc) is 3.61. The van der Waals surface area contributed by atoms with E-state index in [0.717, 1.165) is 35.2 Å². The number of fused-ring (bicyclic) bond motifs is 1. The summed E-state index contributed by atoms with van der Waals surface area (Å²) >= 11 is 0. The Balaban J connectivity index is 1.73. The molecule has 5 rings (SSSR count). The van der Waals surface area contributed by atoms with Gasteiger partial charge >= 0.3 is 10.1 Å². The third-order valence-corrected chi connectivity index (χ3v) is 9.84. The molecular formula is C31H30N2O6S2. The van der Waals surface area contributed by atoms with Crippen LogP contribution in [0.1, 0.15) is 42.5 Å². The summed E-state index contributed by atoms with van der Waals surface area (Å²) in [6, 6.07) is 17.6. The van der Waals surface area contributed by atoms with Gasteiger partial charge in [-0.05, 0) is 68.2 Å². The van der Waals surface area contributed by atoms with Crippen LogP contribution in [-0.2, 0) is 29.1 Å². The molecule has 2 heterocycles. The molecule has 4 aromatic rings. The second-order valence-corrected chi connectivity index (χ2v) is 13.2. The number of hydrogen-bond acceptors (Lipinski definition) is 7. The first-order valence-corrected chi connectivity index (χ1v) is 16.1. The summed E-state index contributed by atoms with van der Waals surface area (Å²) < 4.78 is 67.0. The molecule has 0 bridgehead atoms. The van der Waals surface area contributed by atoms with Crippen molar-refractivity contribution in [2.75, 3.05) is 13.7 Å². The predicted molar refractivity (Wildman–Crippen MR) is 157 cm³/mol. The van der Waals surface area contributed by atoms with Gasteiger partial charge in [0.2, 0.25) is 0 Å². The third kappa shape index (κ3) is 6.22. The van der Waals surface area contributed by atoms with E-state index in [1.807, 2.05) is 6.92 Å². The number of aryl methyl sites for hydroxylation is 1. The van der Waals surface area contributed by atoms with Crippen molar-refractivity contribution in [3.8, 4) is 11.8 Å². The number of nitrogens with zero attached hydrogens (tertiary/aromatic N) is 2. The number of benzene rings is 2. The summed E-state index contributed by atoms with van der Waals surface area (Å²) in [6.07, 6.45) is 6.91. The number of aromatic nitrogens is 2. The Hall–Kier alpha value is -3.91. The van der Waals surface area contributed by atoms with Gasteiger partial charge < -0.3 is 8.92 Å². The Labute approximate surface area is 240 Å². The van der Waals surface area contributed by atoms with E-state index in [1.54, 1.807) is 55.7 Å². The van der Waals surface area contributed by atoms with Gasteiger partial charge in [-0.1, -0.05) is 60.6 Å². The highest BCUT2D eigenvalue weighted by atomic mass is 32.2. The van der Waals surface area contributed by atoms with Gasteiger partial charge in [0.1, 0.15) is 17.2 Å². The molecule has 1 fully saturated rings. The lowest BCUT2D eigenvalue weighted by Crippen LogP contribution is -2.18. The first-order chi connectivity index (χ1) is 19.7. The van der Waals surface area contributed by atoms with Crippen molar-refractivity contribution >= 4 is 36.9 Å². The van der Waals surface area contributed by atoms with E-state index < -0.39 is 20.1 Å². The normalized spacial score (nSPS) is 14.6. The summed E-state index contributed by atoms with van der Waals surface area (Å²) in [5.74, 6) is 5.80. The molecule has 41 heavy (non-hydrogen) atoms. The summed E-state index contributed by atoms with van der Waals surface area (Å²) in [4.78, 5) is 4.47. The van der Waals surface area contributed by atoms with Crippen LogP contribution >= 0.6 is 0 Å². The third-order valence-electron chi connectivity index (χ3n) is 6.88. The van der Waals surface area contributed by atoms with Crippen LogP contribution in [-0.4, -0.2) is 39.5 Å². The van der Waals surface area contributed by atoms with Gasteiger partial charge in [0.15, 0.2) is 11.4 Å². The Morgan fingerprint density at radius 1 is 1.00 bits per heavy atom. The molecule has 0 amide bonds. The second kappa shape index (κ2) is 11.9. The van der Waals surface area contributed by atoms with E-state index in [4.69, 9.17) is 8.92 Å². The van der Waals surface area contributed by atoms with Crippen molar-refractivity contribution in [2.45, 2.75) is 42.4 Å². The molecule has 0 N–H and O–H groups in total. The fourth-order valence-electron chi connectivity index (χ4n) is 4.83. The van der Waals surface area contributed by atoms with Gasteiger partial charge in [0.05, 0.1) is 4.90 Å². The molecule has 0 atom stereocenters. The molecule has 1 aliphatic carbocycles. The molecule has 1 aliphatic rings. The molecular weight excluding hydrogens is 560 g/mol. The van der Waals surface area contributed by atoms with Gasteiger partial charge in [-0.15, -0.1) is 0 Å². The number of methoxy groups -OCH3 is 1. The highest BCUT2D eigenvalue weighted by Crippen LogP contribution is 2.35. The number of hydrogen-bond donors (Lipinski definition) is 0. The predicted octanol–water partition coefficient (Wildman–Crippen LogP) is 5.52. The van der Waals surface area contributed by atoms with Gasteiger partial charge in [-0.2, -0.15) is 8.42 Å². The minimum Gasteiger partial charge on any atom is -0.377 e. The molecule has 212 valence electrons. The summed E-state index contributed by atoms with van der Waals surface area (Å²) in [5.41, 5.74) is 1.66. The smallest absolute Gasteiger partial charge is 0.339 e. The zero-order chi connectivity index (χ0) is 29.0. The van der Waals surface area contributed by atoms with E-state index in [2.05, 4.69) is 16.8 Å². The minimum absolute atomic E-state index is 0.0252. The SMILES string of the molecule is COCC#Cc1cnc2c(c1)cc(C(=CC1CCCC1)OS(=O)(=O)c1ccc(C)cc1)n2S(=O)(=O)c1ccccc1. The zero-order valence-electron chi connectivity index (χ0n) is 22.8. The number of ether oxygens (including phenoxy) is 1. The van der Waals surface area contributed by atoms with Crippen LogP contribution in [0.2, 0.25) is 0 Å². The maximum absolute atomic E-state index is 14.1. The van der Waals surface area contributed by atoms with Crippen LogP contribution < -0.4 is 0 Å². The minimum atomic E-state index is -4.29. The van der Waals surface area contributed by atoms with Gasteiger partial charge in [-0.25, -0.2) is 17.4 Å². The van der Waals surface area contributed by atoms with E-state index in [1.165, 1.54) is 30.5 Å². The average molecular weight is 591 g/mol. The largest absolute Gasteiger partial charge is 0.377 e. The van der Waals surface area contributed by atoms with Crippen molar-refractivity contribution in [2.24, 2.45) is 5.92 Å². The van der Waals surface area contributed by atoms with Crippen LogP contribution in [0.4, 0.5) is 0 Å². The number of rotatable bonds is 8. The van der Waals surface area contributed by atoms with Gasteiger partial charge in [-0.3, -0.25) is 0 Å². The van der Waals surface area contributed by atoms with Gasteiger partial charge in [0, 0.05) is 24.3 Å². The fourth-order valence-corrected chi connectivity index (χ4v) is 7.26. The molecule has 1 saturated carbocycles. The van der Waals surface area contributed by atoms with Crippen LogP contribution in [0.3, 0.4) is 0 Å². The van der Waals surface area contributed by atoms with Crippen molar-refractivity contribution < 1.29 is 25.8 Å². The van der Waals surface area contributed by atoms with E-state index in [0.29, 0.717) is 10.9 Å². The van der Waals surface area contributed by atoms with Crippen LogP contribution in [0, 0.1) is 24.7 Å². The molecule has 0 spiro atoms. The molecule has 0 aliphatic heterocycles. The zero-order valence-corrected chi connectivity index (χ0v) is 24.4.